The van der Waals surface area contributed by atoms with Crippen LogP contribution in [0.25, 0.3) is 0 Å². The van der Waals surface area contributed by atoms with Crippen molar-refractivity contribution in [3.8, 4) is 0 Å². The van der Waals surface area contributed by atoms with E-state index in [2.05, 4.69) is 22.0 Å². The van der Waals surface area contributed by atoms with Crippen molar-refractivity contribution in [3.63, 3.8) is 0 Å². The number of thiazole rings is 1. The Bertz CT molecular complexity index is 1020. The highest BCUT2D eigenvalue weighted by atomic mass is 35.5. The first-order valence-electron chi connectivity index (χ1n) is 9.67. The number of thioether (sulfide) groups is 1. The lowest BCUT2D eigenvalue weighted by Gasteiger charge is -2.36. The number of anilines is 1. The second kappa shape index (κ2) is 10.1. The van der Waals surface area contributed by atoms with Crippen molar-refractivity contribution in [3.05, 3.63) is 75.2 Å². The van der Waals surface area contributed by atoms with Crippen LogP contribution in [0.1, 0.15) is 11.3 Å². The van der Waals surface area contributed by atoms with Gasteiger partial charge in [0.25, 0.3) is 0 Å². The van der Waals surface area contributed by atoms with Crippen LogP contribution in [-0.2, 0) is 17.0 Å². The summed E-state index contributed by atoms with van der Waals surface area (Å²) >= 11 is 15.4. The molecule has 1 aliphatic heterocycles. The average Bonchev–Trinajstić information content (AvgIpc) is 3.20. The molecule has 30 heavy (non-hydrogen) atoms. The molecule has 0 atom stereocenters. The van der Waals surface area contributed by atoms with E-state index in [1.165, 1.54) is 0 Å². The molecule has 0 aliphatic carbocycles. The molecule has 3 aromatic rings. The minimum atomic E-state index is 0.137. The van der Waals surface area contributed by atoms with Gasteiger partial charge in [-0.05, 0) is 35.9 Å². The number of amides is 1. The summed E-state index contributed by atoms with van der Waals surface area (Å²) in [6.45, 7) is 3.05. The molecule has 2 aromatic carbocycles. The van der Waals surface area contributed by atoms with Crippen LogP contribution in [0.3, 0.4) is 0 Å². The maximum atomic E-state index is 12.7. The van der Waals surface area contributed by atoms with E-state index >= 15 is 0 Å². The SMILES string of the molecule is O=C(Cc1csc(SCc2cccc(Cl)c2)n1)N1CCN(c2cccc(Cl)c2)CC1. The van der Waals surface area contributed by atoms with Crippen LogP contribution in [0, 0.1) is 0 Å². The highest BCUT2D eigenvalue weighted by molar-refractivity contribution is 8.00. The Morgan fingerprint density at radius 3 is 2.50 bits per heavy atom. The maximum Gasteiger partial charge on any atom is 0.228 e. The fourth-order valence-corrected chi connectivity index (χ4v) is 5.55. The fourth-order valence-electron chi connectivity index (χ4n) is 3.36. The Morgan fingerprint density at radius 1 is 1.03 bits per heavy atom. The van der Waals surface area contributed by atoms with Crippen LogP contribution in [0.4, 0.5) is 5.69 Å². The van der Waals surface area contributed by atoms with E-state index in [-0.39, 0.29) is 5.91 Å². The zero-order valence-electron chi connectivity index (χ0n) is 16.3. The summed E-state index contributed by atoms with van der Waals surface area (Å²) < 4.78 is 0.976. The monoisotopic (exact) mass is 477 g/mol. The first-order valence-corrected chi connectivity index (χ1v) is 12.3. The third-order valence-corrected chi connectivity index (χ3v) is 7.53. The Kier molecular flexibility index (Phi) is 7.20. The molecule has 0 spiro atoms. The van der Waals surface area contributed by atoms with Crippen LogP contribution in [-0.4, -0.2) is 42.0 Å². The molecule has 1 aromatic heterocycles. The number of halogens is 2. The minimum absolute atomic E-state index is 0.137. The molecule has 0 unspecified atom stereocenters. The Hall–Kier alpha value is -1.73. The van der Waals surface area contributed by atoms with Crippen LogP contribution in [0.15, 0.2) is 58.3 Å². The number of nitrogens with zero attached hydrogens (tertiary/aromatic N) is 3. The molecular formula is C22H21Cl2N3OS2. The Labute approximate surface area is 194 Å². The van der Waals surface area contributed by atoms with Gasteiger partial charge in [-0.1, -0.05) is 53.2 Å². The van der Waals surface area contributed by atoms with Crippen LogP contribution < -0.4 is 4.90 Å². The Morgan fingerprint density at radius 2 is 1.77 bits per heavy atom. The number of benzene rings is 2. The number of hydrogen-bond donors (Lipinski definition) is 0. The third-order valence-electron chi connectivity index (χ3n) is 4.92. The first kappa shape index (κ1) is 21.5. The molecule has 0 bridgehead atoms. The summed E-state index contributed by atoms with van der Waals surface area (Å²) in [7, 11) is 0. The van der Waals surface area contributed by atoms with Crippen molar-refractivity contribution in [2.45, 2.75) is 16.5 Å². The zero-order chi connectivity index (χ0) is 20.9. The second-order valence-corrected chi connectivity index (χ2v) is 10.0. The maximum absolute atomic E-state index is 12.7. The van der Waals surface area contributed by atoms with Gasteiger partial charge in [0.1, 0.15) is 4.34 Å². The van der Waals surface area contributed by atoms with E-state index < -0.39 is 0 Å². The van der Waals surface area contributed by atoms with Crippen molar-refractivity contribution in [2.24, 2.45) is 0 Å². The summed E-state index contributed by atoms with van der Waals surface area (Å²) in [5.41, 5.74) is 3.12. The standard InChI is InChI=1S/C22H21Cl2N3OS2/c23-17-4-1-3-16(11-17)14-29-22-25-19(15-30-22)13-21(28)27-9-7-26(8-10-27)20-6-2-5-18(24)12-20/h1-6,11-12,15H,7-10,13-14H2. The van der Waals surface area contributed by atoms with Gasteiger partial charge in [-0.3, -0.25) is 4.79 Å². The summed E-state index contributed by atoms with van der Waals surface area (Å²) in [4.78, 5) is 21.5. The van der Waals surface area contributed by atoms with Gasteiger partial charge in [-0.15, -0.1) is 11.3 Å². The van der Waals surface area contributed by atoms with Gasteiger partial charge >= 0.3 is 0 Å². The fraction of sp³-hybridized carbons (Fsp3) is 0.273. The second-order valence-electron chi connectivity index (χ2n) is 7.05. The van der Waals surface area contributed by atoms with E-state index in [0.29, 0.717) is 19.5 Å². The van der Waals surface area contributed by atoms with E-state index in [4.69, 9.17) is 23.2 Å². The van der Waals surface area contributed by atoms with E-state index in [0.717, 1.165) is 50.2 Å². The lowest BCUT2D eigenvalue weighted by Crippen LogP contribution is -2.49. The number of rotatable bonds is 6. The van der Waals surface area contributed by atoms with Crippen molar-refractivity contribution >= 4 is 57.9 Å². The van der Waals surface area contributed by atoms with Crippen molar-refractivity contribution < 1.29 is 4.79 Å². The topological polar surface area (TPSA) is 36.4 Å². The van der Waals surface area contributed by atoms with Crippen molar-refractivity contribution in [1.82, 2.24) is 9.88 Å². The molecule has 4 nitrogen and oxygen atoms in total. The molecule has 1 saturated heterocycles. The van der Waals surface area contributed by atoms with Crippen LogP contribution >= 0.6 is 46.3 Å². The number of carbonyl (C=O) groups excluding carboxylic acids is 1. The Balaban J connectivity index is 1.26. The van der Waals surface area contributed by atoms with Gasteiger partial charge < -0.3 is 9.80 Å². The number of aromatic nitrogens is 1. The number of piperazine rings is 1. The largest absolute Gasteiger partial charge is 0.368 e. The normalized spacial score (nSPS) is 14.2. The van der Waals surface area contributed by atoms with Crippen LogP contribution in [0.2, 0.25) is 10.0 Å². The molecule has 1 aliphatic rings. The van der Waals surface area contributed by atoms with Crippen molar-refractivity contribution in [2.75, 3.05) is 31.1 Å². The number of carbonyl (C=O) groups is 1. The molecule has 8 heteroatoms. The molecule has 4 rings (SSSR count). The van der Waals surface area contributed by atoms with Gasteiger partial charge in [0, 0.05) is 53.0 Å². The summed E-state index contributed by atoms with van der Waals surface area (Å²) in [5.74, 6) is 0.949. The average molecular weight is 478 g/mol. The summed E-state index contributed by atoms with van der Waals surface area (Å²) in [6.07, 6.45) is 0.353. The molecular weight excluding hydrogens is 457 g/mol. The molecule has 1 amide bonds. The zero-order valence-corrected chi connectivity index (χ0v) is 19.4. The smallest absolute Gasteiger partial charge is 0.228 e. The molecule has 0 radical (unpaired) electrons. The van der Waals surface area contributed by atoms with E-state index in [9.17, 15) is 4.79 Å². The molecule has 1 fully saturated rings. The molecule has 2 heterocycles. The number of hydrogen-bond acceptors (Lipinski definition) is 5. The minimum Gasteiger partial charge on any atom is -0.368 e. The van der Waals surface area contributed by atoms with E-state index in [1.807, 2.05) is 46.7 Å². The van der Waals surface area contributed by atoms with E-state index in [1.54, 1.807) is 23.1 Å². The highest BCUT2D eigenvalue weighted by Gasteiger charge is 2.22. The van der Waals surface area contributed by atoms with Gasteiger partial charge in [-0.2, -0.15) is 0 Å². The first-order chi connectivity index (χ1) is 14.6. The molecule has 0 N–H and O–H groups in total. The van der Waals surface area contributed by atoms with Gasteiger partial charge in [-0.25, -0.2) is 4.98 Å². The van der Waals surface area contributed by atoms with Crippen molar-refractivity contribution in [1.29, 1.82) is 0 Å². The lowest BCUT2D eigenvalue weighted by molar-refractivity contribution is -0.130. The summed E-state index contributed by atoms with van der Waals surface area (Å²) in [5, 5.41) is 3.47. The molecule has 0 saturated carbocycles. The lowest BCUT2D eigenvalue weighted by atomic mass is 10.2. The molecule has 156 valence electrons. The van der Waals surface area contributed by atoms with Gasteiger partial charge in [0.2, 0.25) is 5.91 Å². The van der Waals surface area contributed by atoms with Gasteiger partial charge in [0.15, 0.2) is 0 Å². The highest BCUT2D eigenvalue weighted by Crippen LogP contribution is 2.27. The quantitative estimate of drug-likeness (QED) is 0.430. The third kappa shape index (κ3) is 5.70. The summed E-state index contributed by atoms with van der Waals surface area (Å²) in [6, 6.07) is 15.7. The predicted octanol–water partition coefficient (Wildman–Crippen LogP) is 5.63. The van der Waals surface area contributed by atoms with Crippen LogP contribution in [0.5, 0.6) is 0 Å². The predicted molar refractivity (Wildman–Crippen MR) is 127 cm³/mol. The van der Waals surface area contributed by atoms with Gasteiger partial charge in [0.05, 0.1) is 12.1 Å².